The minimum atomic E-state index is -3.88. The van der Waals surface area contributed by atoms with Crippen LogP contribution in [0.4, 0.5) is 0 Å². The highest BCUT2D eigenvalue weighted by molar-refractivity contribution is 7.89. The van der Waals surface area contributed by atoms with Crippen molar-refractivity contribution in [2.75, 3.05) is 26.7 Å². The molecule has 2 saturated heterocycles. The molecule has 2 aromatic carbocycles. The third-order valence-electron chi connectivity index (χ3n) is 7.20. The molecule has 2 fully saturated rings. The Kier molecular flexibility index (Phi) is 8.20. The second kappa shape index (κ2) is 11.2. The fourth-order valence-electron chi connectivity index (χ4n) is 5.05. The Bertz CT molecular complexity index is 1210. The van der Waals surface area contributed by atoms with Crippen LogP contribution in [0.15, 0.2) is 53.4 Å². The van der Waals surface area contributed by atoms with Gasteiger partial charge in [0.2, 0.25) is 15.9 Å². The van der Waals surface area contributed by atoms with Crippen LogP contribution in [0.5, 0.6) is 5.75 Å². The third-order valence-corrected chi connectivity index (χ3v) is 9.12. The van der Waals surface area contributed by atoms with E-state index in [1.807, 2.05) is 19.1 Å². The summed E-state index contributed by atoms with van der Waals surface area (Å²) in [5.41, 5.74) is 1.66. The van der Waals surface area contributed by atoms with E-state index in [-0.39, 0.29) is 17.9 Å². The Morgan fingerprint density at radius 3 is 2.32 bits per heavy atom. The summed E-state index contributed by atoms with van der Waals surface area (Å²) in [6, 6.07) is 11.6. The first-order chi connectivity index (χ1) is 17.6. The van der Waals surface area contributed by atoms with E-state index in [0.717, 1.165) is 37.1 Å². The molecule has 1 amide bonds. The number of quaternary nitrogens is 1. The maximum Gasteiger partial charge on any atom is 0.326 e. The van der Waals surface area contributed by atoms with Crippen LogP contribution in [0.1, 0.15) is 43.2 Å². The topological polar surface area (TPSA) is 113 Å². The molecule has 0 aliphatic carbocycles. The molecule has 37 heavy (non-hydrogen) atoms. The number of carboxylic acids is 1. The predicted octanol–water partition coefficient (Wildman–Crippen LogP) is 2.88. The number of aliphatic carboxylic acids is 1. The molecule has 2 atom stereocenters. The summed E-state index contributed by atoms with van der Waals surface area (Å²) in [4.78, 5) is 31.4. The van der Waals surface area contributed by atoms with E-state index in [0.29, 0.717) is 23.2 Å². The summed E-state index contributed by atoms with van der Waals surface area (Å²) in [5.74, 6) is -1.05. The van der Waals surface area contributed by atoms with E-state index in [1.165, 1.54) is 22.9 Å². The minimum Gasteiger partial charge on any atom is -0.480 e. The second-order valence-electron chi connectivity index (χ2n) is 10.2. The van der Waals surface area contributed by atoms with Crippen molar-refractivity contribution in [2.24, 2.45) is 0 Å². The van der Waals surface area contributed by atoms with Crippen molar-refractivity contribution in [2.45, 2.75) is 62.4 Å². The molecule has 2 aliphatic rings. The smallest absolute Gasteiger partial charge is 0.326 e. The van der Waals surface area contributed by atoms with Gasteiger partial charge in [-0.05, 0) is 56.0 Å². The van der Waals surface area contributed by atoms with Gasteiger partial charge in [0.25, 0.3) is 0 Å². The molecule has 2 heterocycles. The molecule has 9 nitrogen and oxygen atoms in total. The monoisotopic (exact) mass is 530 g/mol. The van der Waals surface area contributed by atoms with Crippen molar-refractivity contribution < 1.29 is 32.6 Å². The molecule has 4 rings (SSSR count). The van der Waals surface area contributed by atoms with Crippen LogP contribution < -0.4 is 10.2 Å². The van der Waals surface area contributed by atoms with Gasteiger partial charge in [0.15, 0.2) is 5.75 Å². The quantitative estimate of drug-likeness (QED) is 0.482. The van der Waals surface area contributed by atoms with Gasteiger partial charge >= 0.3 is 5.97 Å². The summed E-state index contributed by atoms with van der Waals surface area (Å²) < 4.78 is 28.1. The number of carboxylic acid groups (broad SMARTS) is 1. The first kappa shape index (κ1) is 27.1. The lowest BCUT2D eigenvalue weighted by atomic mass is 10.1. The van der Waals surface area contributed by atoms with Crippen molar-refractivity contribution >= 4 is 21.9 Å². The van der Waals surface area contributed by atoms with E-state index in [4.69, 9.17) is 4.84 Å². The van der Waals surface area contributed by atoms with Crippen LogP contribution in [-0.2, 0) is 26.0 Å². The van der Waals surface area contributed by atoms with Gasteiger partial charge in [-0.1, -0.05) is 29.8 Å². The predicted molar refractivity (Wildman–Crippen MR) is 138 cm³/mol. The highest BCUT2D eigenvalue weighted by Crippen LogP contribution is 2.27. The molecule has 2 aromatic rings. The number of nitrogens with one attached hydrogen (secondary N) is 1. The van der Waals surface area contributed by atoms with Crippen molar-refractivity contribution in [1.29, 1.82) is 0 Å². The lowest BCUT2D eigenvalue weighted by Crippen LogP contribution is -2.51. The number of carbonyl (C=O) groups excluding carboxylic acids is 1. The van der Waals surface area contributed by atoms with Crippen molar-refractivity contribution in [3.63, 3.8) is 0 Å². The molecule has 2 N–H and O–H groups in total. The lowest BCUT2D eigenvalue weighted by molar-refractivity contribution is -1.07. The molecule has 0 radical (unpaired) electrons. The number of carbonyl (C=O) groups is 2. The Labute approximate surface area is 218 Å². The number of aryl methyl sites for hydroxylation is 1. The molecule has 0 saturated carbocycles. The van der Waals surface area contributed by atoms with Gasteiger partial charge in [0.1, 0.15) is 32.2 Å². The van der Waals surface area contributed by atoms with Gasteiger partial charge in [-0.25, -0.2) is 13.2 Å². The first-order valence-electron chi connectivity index (χ1n) is 12.8. The minimum absolute atomic E-state index is 0.0743. The lowest BCUT2D eigenvalue weighted by Gasteiger charge is -2.34. The van der Waals surface area contributed by atoms with E-state index in [2.05, 4.69) is 12.4 Å². The number of benzene rings is 2. The van der Waals surface area contributed by atoms with Crippen LogP contribution in [0.3, 0.4) is 0 Å². The summed E-state index contributed by atoms with van der Waals surface area (Å²) in [6.07, 6.45) is 4.41. The Morgan fingerprint density at radius 1 is 1.05 bits per heavy atom. The molecule has 0 spiro atoms. The highest BCUT2D eigenvalue weighted by Gasteiger charge is 2.40. The number of nitrogens with zero attached hydrogens (tertiary/aromatic N) is 2. The van der Waals surface area contributed by atoms with Crippen LogP contribution >= 0.6 is 0 Å². The fraction of sp³-hybridized carbons (Fsp3) is 0.481. The zero-order valence-corrected chi connectivity index (χ0v) is 22.2. The normalized spacial score (nSPS) is 20.8. The van der Waals surface area contributed by atoms with Gasteiger partial charge in [-0.15, -0.1) is 4.65 Å². The van der Waals surface area contributed by atoms with Crippen molar-refractivity contribution in [3.8, 4) is 5.75 Å². The number of likely N-dealkylation sites (tertiary alicyclic amines) is 1. The van der Waals surface area contributed by atoms with Gasteiger partial charge in [0.05, 0.1) is 4.90 Å². The standard InChI is InChI=1S/C27H35N3O6S/c1-20-8-14-23(15-9-20)37(34,35)29-16-6-7-25(29)26(31)28-24(27(32)33)19-21-10-12-22(13-11-21)36-30(2)17-4-3-5-18-30/h8-15,24-25H,3-7,16-19H2,1-2H3,(H-,28,31,32,33)/p+1/t24-,25-/m0/s1. The van der Waals surface area contributed by atoms with Crippen molar-refractivity contribution in [3.05, 3.63) is 59.7 Å². The van der Waals surface area contributed by atoms with Gasteiger partial charge in [-0.3, -0.25) is 4.79 Å². The van der Waals surface area contributed by atoms with Gasteiger partial charge in [-0.2, -0.15) is 4.31 Å². The van der Waals surface area contributed by atoms with Crippen LogP contribution in [0.2, 0.25) is 0 Å². The number of hydrogen-bond acceptors (Lipinski definition) is 5. The Hall–Kier alpha value is -2.95. The summed E-state index contributed by atoms with van der Waals surface area (Å²) in [5, 5.41) is 12.4. The Morgan fingerprint density at radius 2 is 1.70 bits per heavy atom. The maximum absolute atomic E-state index is 13.2. The Balaban J connectivity index is 1.41. The number of hydroxylamine groups is 3. The average molecular weight is 531 g/mol. The molecule has 200 valence electrons. The molecule has 0 bridgehead atoms. The van der Waals surface area contributed by atoms with E-state index in [1.54, 1.807) is 24.3 Å². The van der Waals surface area contributed by atoms with Crippen molar-refractivity contribution in [1.82, 2.24) is 9.62 Å². The van der Waals surface area contributed by atoms with Crippen LogP contribution in [0.25, 0.3) is 0 Å². The number of amides is 1. The largest absolute Gasteiger partial charge is 0.480 e. The van der Waals surface area contributed by atoms with Gasteiger partial charge in [0, 0.05) is 25.8 Å². The molecular weight excluding hydrogens is 494 g/mol. The number of sulfonamides is 1. The summed E-state index contributed by atoms with van der Waals surface area (Å²) >= 11 is 0. The van der Waals surface area contributed by atoms with Crippen LogP contribution in [-0.4, -0.2) is 73.1 Å². The zero-order valence-electron chi connectivity index (χ0n) is 21.4. The van der Waals surface area contributed by atoms with Crippen LogP contribution in [0, 0.1) is 6.92 Å². The zero-order chi connectivity index (χ0) is 26.6. The molecular formula is C27H36N3O6S+. The summed E-state index contributed by atoms with van der Waals surface area (Å²) in [7, 11) is -1.81. The number of rotatable bonds is 9. The molecule has 0 aromatic heterocycles. The fourth-order valence-corrected chi connectivity index (χ4v) is 6.71. The van der Waals surface area contributed by atoms with E-state index in [9.17, 15) is 23.1 Å². The molecule has 2 aliphatic heterocycles. The molecule has 10 heteroatoms. The first-order valence-corrected chi connectivity index (χ1v) is 14.3. The van der Waals surface area contributed by atoms with Gasteiger partial charge < -0.3 is 15.3 Å². The number of piperidine rings is 1. The van der Waals surface area contributed by atoms with E-state index >= 15 is 0 Å². The highest BCUT2D eigenvalue weighted by atomic mass is 32.2. The average Bonchev–Trinajstić information content (AvgIpc) is 3.36. The summed E-state index contributed by atoms with van der Waals surface area (Å²) in [6.45, 7) is 3.98. The molecule has 0 unspecified atom stereocenters. The number of hydrogen-bond donors (Lipinski definition) is 2. The maximum atomic E-state index is 13.2. The second-order valence-corrected chi connectivity index (χ2v) is 12.1. The third kappa shape index (κ3) is 6.49. The van der Waals surface area contributed by atoms with E-state index < -0.39 is 34.0 Å². The SMILES string of the molecule is Cc1ccc(S(=O)(=O)N2CCC[C@H]2C(=O)N[C@@H](Cc2ccc(O[N+]3(C)CCCCC3)cc2)C(=O)O)cc1.